The highest BCUT2D eigenvalue weighted by atomic mass is 14.2. The van der Waals surface area contributed by atoms with Gasteiger partial charge in [-0.2, -0.15) is 0 Å². The predicted molar refractivity (Wildman–Crippen MR) is 115 cm³/mol. The van der Waals surface area contributed by atoms with Crippen molar-refractivity contribution in [2.24, 2.45) is 0 Å². The summed E-state index contributed by atoms with van der Waals surface area (Å²) >= 11 is 0. The van der Waals surface area contributed by atoms with Crippen LogP contribution in [0, 0.1) is 0 Å². The summed E-state index contributed by atoms with van der Waals surface area (Å²) < 4.78 is 0. The molecule has 3 aromatic carbocycles. The van der Waals surface area contributed by atoms with Crippen molar-refractivity contribution < 1.29 is 0 Å². The lowest BCUT2D eigenvalue weighted by Crippen LogP contribution is -2.02. The summed E-state index contributed by atoms with van der Waals surface area (Å²) in [4.78, 5) is 0. The first-order valence-electron chi connectivity index (χ1n) is 10.1. The first-order valence-corrected chi connectivity index (χ1v) is 10.1. The van der Waals surface area contributed by atoms with Gasteiger partial charge in [0.1, 0.15) is 0 Å². The third-order valence-electron chi connectivity index (χ3n) is 5.18. The number of aryl methyl sites for hydroxylation is 2. The van der Waals surface area contributed by atoms with Crippen LogP contribution in [0.5, 0.6) is 0 Å². The van der Waals surface area contributed by atoms with Crippen LogP contribution in [0.3, 0.4) is 0 Å². The molecule has 0 heterocycles. The molecule has 0 bridgehead atoms. The second-order valence-electron chi connectivity index (χ2n) is 7.00. The van der Waals surface area contributed by atoms with E-state index in [-0.39, 0.29) is 0 Å². The Morgan fingerprint density at radius 3 is 1.85 bits per heavy atom. The van der Waals surface area contributed by atoms with Crippen molar-refractivity contribution in [1.29, 1.82) is 0 Å². The Kier molecular flexibility index (Phi) is 6.28. The Bertz CT molecular complexity index is 843. The van der Waals surface area contributed by atoms with E-state index in [0.717, 1.165) is 19.3 Å². The van der Waals surface area contributed by atoms with Gasteiger partial charge in [-0.05, 0) is 58.2 Å². The quantitative estimate of drug-likeness (QED) is 0.417. The van der Waals surface area contributed by atoms with E-state index in [4.69, 9.17) is 0 Å². The zero-order valence-electron chi connectivity index (χ0n) is 16.4. The molecule has 0 aliphatic heterocycles. The first-order chi connectivity index (χ1) is 12.8. The largest absolute Gasteiger partial charge is 0.0651 e. The van der Waals surface area contributed by atoms with Crippen molar-refractivity contribution in [1.82, 2.24) is 0 Å². The fraction of sp³-hybridized carbons (Fsp3) is 0.308. The van der Waals surface area contributed by atoms with Crippen LogP contribution in [0.4, 0.5) is 0 Å². The summed E-state index contributed by atoms with van der Waals surface area (Å²) in [5, 5.41) is 0. The molecule has 0 N–H and O–H groups in total. The topological polar surface area (TPSA) is 0 Å². The molecule has 134 valence electrons. The van der Waals surface area contributed by atoms with E-state index < -0.39 is 0 Å². The predicted octanol–water partition coefficient (Wildman–Crippen LogP) is 7.49. The monoisotopic (exact) mass is 342 g/mol. The minimum absolute atomic E-state index is 1.10. The summed E-state index contributed by atoms with van der Waals surface area (Å²) in [6, 6.07) is 24.5. The fourth-order valence-corrected chi connectivity index (χ4v) is 3.99. The van der Waals surface area contributed by atoms with E-state index in [1.807, 2.05) is 0 Å². The van der Waals surface area contributed by atoms with Crippen molar-refractivity contribution in [3.8, 4) is 22.3 Å². The average Bonchev–Trinajstić information content (AvgIpc) is 2.69. The van der Waals surface area contributed by atoms with Gasteiger partial charge in [-0.1, -0.05) is 100 Å². The van der Waals surface area contributed by atoms with Gasteiger partial charge in [-0.3, -0.25) is 0 Å². The Morgan fingerprint density at radius 2 is 1.19 bits per heavy atom. The molecular formula is C26H30. The molecule has 0 radical (unpaired) electrons. The highest BCUT2D eigenvalue weighted by molar-refractivity contribution is 5.87. The molecule has 0 amide bonds. The molecule has 0 spiro atoms. The Labute approximate surface area is 158 Å². The SMILES string of the molecule is CCCc1ccc(CC)c(CCC)c1-c1ccccc1-c1ccccc1. The molecule has 0 saturated heterocycles. The molecule has 0 heteroatoms. The number of rotatable bonds is 7. The van der Waals surface area contributed by atoms with Crippen molar-refractivity contribution in [2.75, 3.05) is 0 Å². The third-order valence-corrected chi connectivity index (χ3v) is 5.18. The Hall–Kier alpha value is -2.34. The minimum Gasteiger partial charge on any atom is -0.0651 e. The van der Waals surface area contributed by atoms with Crippen LogP contribution in [0.2, 0.25) is 0 Å². The van der Waals surface area contributed by atoms with E-state index in [0.29, 0.717) is 0 Å². The van der Waals surface area contributed by atoms with Crippen LogP contribution in [0.1, 0.15) is 50.3 Å². The maximum Gasteiger partial charge on any atom is -0.00998 e. The second-order valence-corrected chi connectivity index (χ2v) is 7.00. The second kappa shape index (κ2) is 8.85. The van der Waals surface area contributed by atoms with Gasteiger partial charge in [0, 0.05) is 0 Å². The van der Waals surface area contributed by atoms with Gasteiger partial charge in [0.2, 0.25) is 0 Å². The number of hydrogen-bond donors (Lipinski definition) is 0. The van der Waals surface area contributed by atoms with Gasteiger partial charge >= 0.3 is 0 Å². The fourth-order valence-electron chi connectivity index (χ4n) is 3.99. The normalized spacial score (nSPS) is 10.9. The van der Waals surface area contributed by atoms with Crippen molar-refractivity contribution in [2.45, 2.75) is 52.9 Å². The molecule has 0 atom stereocenters. The minimum atomic E-state index is 1.10. The standard InChI is InChI=1S/C26H30/c1-4-12-22-19-18-20(6-3)24(13-5-2)26(22)25-17-11-10-16-23(25)21-14-8-7-9-15-21/h7-11,14-19H,4-6,12-13H2,1-3H3. The molecule has 26 heavy (non-hydrogen) atoms. The van der Waals surface area contributed by atoms with Crippen LogP contribution in [-0.4, -0.2) is 0 Å². The van der Waals surface area contributed by atoms with E-state index in [1.54, 1.807) is 5.56 Å². The zero-order chi connectivity index (χ0) is 18.4. The van der Waals surface area contributed by atoms with Gasteiger partial charge in [0.25, 0.3) is 0 Å². The smallest absolute Gasteiger partial charge is 0.00998 e. The molecule has 0 fully saturated rings. The lowest BCUT2D eigenvalue weighted by Gasteiger charge is -2.21. The first kappa shape index (κ1) is 18.5. The molecular weight excluding hydrogens is 312 g/mol. The molecule has 0 aliphatic rings. The molecule has 0 aliphatic carbocycles. The van der Waals surface area contributed by atoms with Gasteiger partial charge in [0.15, 0.2) is 0 Å². The maximum atomic E-state index is 2.37. The van der Waals surface area contributed by atoms with E-state index >= 15 is 0 Å². The van der Waals surface area contributed by atoms with E-state index in [2.05, 4.69) is 87.5 Å². The lowest BCUT2D eigenvalue weighted by molar-refractivity contribution is 0.882. The van der Waals surface area contributed by atoms with Crippen molar-refractivity contribution >= 4 is 0 Å². The molecule has 0 nitrogen and oxygen atoms in total. The van der Waals surface area contributed by atoms with Gasteiger partial charge in [-0.15, -0.1) is 0 Å². The number of hydrogen-bond acceptors (Lipinski definition) is 0. The van der Waals surface area contributed by atoms with Gasteiger partial charge in [0.05, 0.1) is 0 Å². The van der Waals surface area contributed by atoms with Crippen LogP contribution in [0.25, 0.3) is 22.3 Å². The van der Waals surface area contributed by atoms with Crippen LogP contribution < -0.4 is 0 Å². The lowest BCUT2D eigenvalue weighted by atomic mass is 9.83. The van der Waals surface area contributed by atoms with Gasteiger partial charge in [-0.25, -0.2) is 0 Å². The molecule has 3 rings (SSSR count). The summed E-state index contributed by atoms with van der Waals surface area (Å²) in [5.41, 5.74) is 10.1. The summed E-state index contributed by atoms with van der Waals surface area (Å²) in [7, 11) is 0. The van der Waals surface area contributed by atoms with Crippen LogP contribution in [-0.2, 0) is 19.3 Å². The zero-order valence-corrected chi connectivity index (χ0v) is 16.4. The van der Waals surface area contributed by atoms with E-state index in [1.165, 1.54) is 46.2 Å². The molecule has 0 saturated carbocycles. The highest BCUT2D eigenvalue weighted by Crippen LogP contribution is 2.38. The third kappa shape index (κ3) is 3.75. The summed E-state index contributed by atoms with van der Waals surface area (Å²) in [5.74, 6) is 0. The molecule has 0 unspecified atom stereocenters. The number of benzene rings is 3. The Morgan fingerprint density at radius 1 is 0.577 bits per heavy atom. The summed E-state index contributed by atoms with van der Waals surface area (Å²) in [6.45, 7) is 6.85. The Balaban J connectivity index is 2.29. The average molecular weight is 343 g/mol. The van der Waals surface area contributed by atoms with Crippen molar-refractivity contribution in [3.05, 3.63) is 83.4 Å². The van der Waals surface area contributed by atoms with Crippen LogP contribution in [0.15, 0.2) is 66.7 Å². The molecule has 0 aromatic heterocycles. The highest BCUT2D eigenvalue weighted by Gasteiger charge is 2.16. The van der Waals surface area contributed by atoms with E-state index in [9.17, 15) is 0 Å². The van der Waals surface area contributed by atoms with Crippen molar-refractivity contribution in [3.63, 3.8) is 0 Å². The van der Waals surface area contributed by atoms with Crippen LogP contribution >= 0.6 is 0 Å². The maximum absolute atomic E-state index is 2.37. The summed E-state index contributed by atoms with van der Waals surface area (Å²) in [6.07, 6.45) is 5.75. The van der Waals surface area contributed by atoms with Gasteiger partial charge < -0.3 is 0 Å². The molecule has 3 aromatic rings.